The van der Waals surface area contributed by atoms with Crippen molar-refractivity contribution in [3.05, 3.63) is 52.1 Å². The fourth-order valence-electron chi connectivity index (χ4n) is 3.21. The Kier molecular flexibility index (Phi) is 7.44. The van der Waals surface area contributed by atoms with E-state index in [1.165, 1.54) is 0 Å². The summed E-state index contributed by atoms with van der Waals surface area (Å²) in [5.41, 5.74) is 14.5. The molecule has 0 spiro atoms. The number of rotatable bonds is 9. The van der Waals surface area contributed by atoms with Crippen molar-refractivity contribution in [2.75, 3.05) is 33.1 Å². The highest BCUT2D eigenvalue weighted by atomic mass is 16.5. The Morgan fingerprint density at radius 1 is 1.10 bits per heavy atom. The highest BCUT2D eigenvalue weighted by Crippen LogP contribution is 2.29. The minimum atomic E-state index is -0.598. The minimum absolute atomic E-state index is 0.107. The highest BCUT2D eigenvalue weighted by Gasteiger charge is 2.20. The van der Waals surface area contributed by atoms with Gasteiger partial charge in [-0.2, -0.15) is 0 Å². The lowest BCUT2D eigenvalue weighted by molar-refractivity contribution is 0.0943. The largest absolute Gasteiger partial charge is 0.493 e. The van der Waals surface area contributed by atoms with Gasteiger partial charge in [0.2, 0.25) is 5.91 Å². The number of primary amides is 1. The molecule has 29 heavy (non-hydrogen) atoms. The first-order chi connectivity index (χ1) is 13.8. The summed E-state index contributed by atoms with van der Waals surface area (Å²) in [7, 11) is 3.13. The average Bonchev–Trinajstić information content (AvgIpc) is 2.71. The zero-order valence-corrected chi connectivity index (χ0v) is 16.9. The molecule has 8 nitrogen and oxygen atoms in total. The molecule has 2 aromatic carbocycles. The monoisotopic (exact) mass is 401 g/mol. The van der Waals surface area contributed by atoms with Crippen molar-refractivity contribution in [3.63, 3.8) is 0 Å². The van der Waals surface area contributed by atoms with Crippen LogP contribution in [0.2, 0.25) is 0 Å². The first-order valence-electron chi connectivity index (χ1n) is 9.15. The number of ether oxygens (including phenoxy) is 2. The van der Waals surface area contributed by atoms with Crippen LogP contribution in [0.25, 0.3) is 0 Å². The molecule has 0 aliphatic heterocycles. The molecule has 0 fully saturated rings. The van der Waals surface area contributed by atoms with Crippen LogP contribution in [-0.2, 0) is 12.8 Å². The Morgan fingerprint density at radius 2 is 1.79 bits per heavy atom. The van der Waals surface area contributed by atoms with Crippen molar-refractivity contribution >= 4 is 17.5 Å². The average molecular weight is 401 g/mol. The third kappa shape index (κ3) is 4.97. The first kappa shape index (κ1) is 22.0. The van der Waals surface area contributed by atoms with Gasteiger partial charge in [-0.25, -0.2) is 0 Å². The maximum atomic E-state index is 12.4. The molecule has 0 aromatic heterocycles. The maximum absolute atomic E-state index is 12.4. The van der Waals surface area contributed by atoms with E-state index in [-0.39, 0.29) is 24.4 Å². The maximum Gasteiger partial charge on any atom is 0.253 e. The molecule has 2 rings (SSSR count). The van der Waals surface area contributed by atoms with Crippen molar-refractivity contribution in [3.8, 4) is 11.5 Å². The fourth-order valence-corrected chi connectivity index (χ4v) is 3.21. The molecule has 0 aliphatic carbocycles. The van der Waals surface area contributed by atoms with Gasteiger partial charge in [0, 0.05) is 17.8 Å². The first-order valence-corrected chi connectivity index (χ1v) is 9.15. The van der Waals surface area contributed by atoms with E-state index in [1.54, 1.807) is 27.2 Å². The number of nitrogens with one attached hydrogen (secondary N) is 1. The van der Waals surface area contributed by atoms with Crippen LogP contribution in [0.15, 0.2) is 24.3 Å². The Morgan fingerprint density at radius 3 is 2.38 bits per heavy atom. The summed E-state index contributed by atoms with van der Waals surface area (Å²) in [6.45, 7) is 1.59. The third-order valence-electron chi connectivity index (χ3n) is 4.73. The predicted octanol–water partition coefficient (Wildman–Crippen LogP) is 1.20. The molecule has 0 heterocycles. The number of methoxy groups -OCH3 is 2. The smallest absolute Gasteiger partial charge is 0.253 e. The Hall–Kier alpha value is -3.26. The number of aryl methyl sites for hydroxylation is 2. The van der Waals surface area contributed by atoms with E-state index in [2.05, 4.69) is 5.32 Å². The number of hydrogen-bond acceptors (Lipinski definition) is 6. The van der Waals surface area contributed by atoms with E-state index >= 15 is 0 Å². The fraction of sp³-hybridized carbons (Fsp3) is 0.333. The van der Waals surface area contributed by atoms with Gasteiger partial charge in [-0.05, 0) is 54.7 Å². The second kappa shape index (κ2) is 9.79. The zero-order chi connectivity index (χ0) is 21.6. The molecular formula is C21H27N3O5. The number of carbonyl (C=O) groups is 2. The molecule has 8 heteroatoms. The van der Waals surface area contributed by atoms with Gasteiger partial charge < -0.3 is 31.4 Å². The molecule has 2 amide bonds. The van der Waals surface area contributed by atoms with Crippen molar-refractivity contribution in [2.24, 2.45) is 5.73 Å². The number of anilines is 1. The molecule has 0 aliphatic rings. The predicted molar refractivity (Wildman–Crippen MR) is 110 cm³/mol. The molecule has 0 saturated carbocycles. The van der Waals surface area contributed by atoms with Crippen LogP contribution < -0.4 is 26.3 Å². The number of amides is 2. The SMILES string of the molecule is COc1ccc(CCc2cc(C(=O)NCCO)c(N)c(C)c2C(N)=O)cc1OC. The highest BCUT2D eigenvalue weighted by molar-refractivity contribution is 6.04. The standard InChI is InChI=1S/C21H27N3O5/c1-12-18(20(23)26)14(11-15(19(12)22)21(27)24-8-9-25)6-4-13-5-7-16(28-2)17(10-13)29-3/h5,7,10-11,25H,4,6,8-9,22H2,1-3H3,(H2,23,26)(H,24,27). The van der Waals surface area contributed by atoms with E-state index in [4.69, 9.17) is 26.0 Å². The Labute approximate surface area is 169 Å². The van der Waals surface area contributed by atoms with Crippen LogP contribution in [0.3, 0.4) is 0 Å². The Bertz CT molecular complexity index is 912. The molecule has 6 N–H and O–H groups in total. The number of carbonyl (C=O) groups excluding carboxylic acids is 2. The second-order valence-corrected chi connectivity index (χ2v) is 6.53. The van der Waals surface area contributed by atoms with Gasteiger partial charge >= 0.3 is 0 Å². The summed E-state index contributed by atoms with van der Waals surface area (Å²) in [5.74, 6) is 0.222. The number of hydrogen-bond donors (Lipinski definition) is 4. The molecule has 0 radical (unpaired) electrons. The lowest BCUT2D eigenvalue weighted by Gasteiger charge is -2.17. The van der Waals surface area contributed by atoms with Gasteiger partial charge in [-0.15, -0.1) is 0 Å². The van der Waals surface area contributed by atoms with Crippen LogP contribution in [0.1, 0.15) is 37.4 Å². The second-order valence-electron chi connectivity index (χ2n) is 6.53. The van der Waals surface area contributed by atoms with Crippen LogP contribution in [-0.4, -0.2) is 44.3 Å². The van der Waals surface area contributed by atoms with Crippen LogP contribution in [0, 0.1) is 6.92 Å². The number of benzene rings is 2. The zero-order valence-electron chi connectivity index (χ0n) is 16.9. The summed E-state index contributed by atoms with van der Waals surface area (Å²) < 4.78 is 10.6. The van der Waals surface area contributed by atoms with Gasteiger partial charge in [-0.1, -0.05) is 6.07 Å². The van der Waals surface area contributed by atoms with Gasteiger partial charge in [0.1, 0.15) is 0 Å². The lowest BCUT2D eigenvalue weighted by atomic mass is 9.91. The summed E-state index contributed by atoms with van der Waals surface area (Å²) in [6.07, 6.45) is 1.05. The number of nitrogen functional groups attached to an aromatic ring is 1. The molecule has 0 unspecified atom stereocenters. The third-order valence-corrected chi connectivity index (χ3v) is 4.73. The number of aliphatic hydroxyl groups excluding tert-OH is 1. The normalized spacial score (nSPS) is 10.5. The van der Waals surface area contributed by atoms with Crippen molar-refractivity contribution in [2.45, 2.75) is 19.8 Å². The molecule has 0 saturated heterocycles. The van der Waals surface area contributed by atoms with Crippen LogP contribution in [0.5, 0.6) is 11.5 Å². The molecular weight excluding hydrogens is 374 g/mol. The van der Waals surface area contributed by atoms with Gasteiger partial charge in [0.05, 0.1) is 26.4 Å². The van der Waals surface area contributed by atoms with Gasteiger partial charge in [0.25, 0.3) is 5.91 Å². The number of aliphatic hydroxyl groups is 1. The molecule has 2 aromatic rings. The van der Waals surface area contributed by atoms with Crippen LogP contribution in [0.4, 0.5) is 5.69 Å². The summed E-state index contributed by atoms with van der Waals surface area (Å²) in [4.78, 5) is 24.4. The van der Waals surface area contributed by atoms with Gasteiger partial charge in [-0.3, -0.25) is 9.59 Å². The van der Waals surface area contributed by atoms with E-state index < -0.39 is 11.8 Å². The lowest BCUT2D eigenvalue weighted by Crippen LogP contribution is -2.28. The minimum Gasteiger partial charge on any atom is -0.493 e. The van der Waals surface area contributed by atoms with Gasteiger partial charge in [0.15, 0.2) is 11.5 Å². The van der Waals surface area contributed by atoms with Crippen molar-refractivity contribution in [1.29, 1.82) is 0 Å². The summed E-state index contributed by atoms with van der Waals surface area (Å²) >= 11 is 0. The van der Waals surface area contributed by atoms with E-state index in [0.717, 1.165) is 5.56 Å². The quantitative estimate of drug-likeness (QED) is 0.466. The van der Waals surface area contributed by atoms with Crippen LogP contribution >= 0.6 is 0 Å². The van der Waals surface area contributed by atoms with Crippen molar-refractivity contribution in [1.82, 2.24) is 5.32 Å². The molecule has 156 valence electrons. The van der Waals surface area contributed by atoms with E-state index in [9.17, 15) is 9.59 Å². The van der Waals surface area contributed by atoms with E-state index in [0.29, 0.717) is 41.0 Å². The number of nitrogens with two attached hydrogens (primary N) is 2. The summed E-state index contributed by atoms with van der Waals surface area (Å²) in [6, 6.07) is 7.17. The topological polar surface area (TPSA) is 137 Å². The van der Waals surface area contributed by atoms with E-state index in [1.807, 2.05) is 18.2 Å². The molecule has 0 bridgehead atoms. The molecule has 0 atom stereocenters. The summed E-state index contributed by atoms with van der Waals surface area (Å²) in [5, 5.41) is 11.5. The Balaban J connectivity index is 2.39. The van der Waals surface area contributed by atoms with Crippen molar-refractivity contribution < 1.29 is 24.2 Å².